The molecule has 0 unspecified atom stereocenters. The molecule has 1 heterocycles. The van der Waals surface area contributed by atoms with Crippen LogP contribution in [0, 0.1) is 5.82 Å². The maximum Gasteiger partial charge on any atom is 0.184 e. The van der Waals surface area contributed by atoms with Gasteiger partial charge in [-0.25, -0.2) is 9.37 Å². The molecule has 1 fully saturated rings. The summed E-state index contributed by atoms with van der Waals surface area (Å²) in [5.41, 5.74) is 0.391. The molecule has 1 aliphatic rings. The average molecular weight is 280 g/mol. The molecule has 0 saturated heterocycles. The maximum absolute atomic E-state index is 13.8. The average Bonchev–Trinajstić information content (AvgIpc) is 2.89. The quantitative estimate of drug-likeness (QED) is 0.890. The van der Waals surface area contributed by atoms with Crippen LogP contribution in [0.15, 0.2) is 18.2 Å². The van der Waals surface area contributed by atoms with Crippen LogP contribution in [0.5, 0.6) is 0 Å². The van der Waals surface area contributed by atoms with E-state index in [0.29, 0.717) is 22.3 Å². The van der Waals surface area contributed by atoms with Gasteiger partial charge in [-0.1, -0.05) is 30.9 Å². The Morgan fingerprint density at radius 2 is 2.00 bits per heavy atom. The van der Waals surface area contributed by atoms with Gasteiger partial charge in [0.25, 0.3) is 0 Å². The van der Waals surface area contributed by atoms with E-state index in [2.05, 4.69) is 15.2 Å². The molecule has 2 aromatic rings. The summed E-state index contributed by atoms with van der Waals surface area (Å²) in [6.45, 7) is 0. The Morgan fingerprint density at radius 1 is 1.21 bits per heavy atom. The maximum atomic E-state index is 13.8. The Balaban J connectivity index is 1.87. The van der Waals surface area contributed by atoms with E-state index < -0.39 is 0 Å². The second-order valence-corrected chi connectivity index (χ2v) is 5.44. The molecule has 0 bridgehead atoms. The predicted octanol–water partition coefficient (Wildman–Crippen LogP) is 4.31. The molecule has 19 heavy (non-hydrogen) atoms. The molecule has 0 spiro atoms. The molecule has 0 amide bonds. The highest BCUT2D eigenvalue weighted by atomic mass is 35.5. The Labute approximate surface area is 116 Å². The van der Waals surface area contributed by atoms with Crippen LogP contribution in [0.25, 0.3) is 11.4 Å². The first-order chi connectivity index (χ1) is 9.24. The SMILES string of the molecule is Fc1cc(Cl)ccc1-c1n[nH]c(C2CCCCC2)n1. The van der Waals surface area contributed by atoms with E-state index in [1.54, 1.807) is 12.1 Å². The van der Waals surface area contributed by atoms with Crippen LogP contribution in [0.1, 0.15) is 43.8 Å². The highest BCUT2D eigenvalue weighted by Crippen LogP contribution is 2.31. The monoisotopic (exact) mass is 279 g/mol. The molecule has 0 radical (unpaired) electrons. The predicted molar refractivity (Wildman–Crippen MR) is 72.6 cm³/mol. The first-order valence-corrected chi connectivity index (χ1v) is 6.99. The molecule has 0 atom stereocenters. The summed E-state index contributed by atoms with van der Waals surface area (Å²) in [6.07, 6.45) is 6.03. The lowest BCUT2D eigenvalue weighted by atomic mass is 9.89. The zero-order chi connectivity index (χ0) is 13.2. The fourth-order valence-electron chi connectivity index (χ4n) is 2.62. The fraction of sp³-hybridized carbons (Fsp3) is 0.429. The number of hydrogen-bond donors (Lipinski definition) is 1. The molecule has 1 aliphatic carbocycles. The summed E-state index contributed by atoms with van der Waals surface area (Å²) >= 11 is 5.74. The number of nitrogens with zero attached hydrogens (tertiary/aromatic N) is 2. The van der Waals surface area contributed by atoms with Gasteiger partial charge in [-0.3, -0.25) is 5.10 Å². The molecule has 1 N–H and O–H groups in total. The topological polar surface area (TPSA) is 41.6 Å². The normalized spacial score (nSPS) is 16.7. The van der Waals surface area contributed by atoms with E-state index in [1.165, 1.54) is 25.3 Å². The molecule has 0 aliphatic heterocycles. The Morgan fingerprint density at radius 3 is 2.74 bits per heavy atom. The number of hydrogen-bond acceptors (Lipinski definition) is 2. The van der Waals surface area contributed by atoms with E-state index in [0.717, 1.165) is 18.7 Å². The highest BCUT2D eigenvalue weighted by Gasteiger charge is 2.20. The van der Waals surface area contributed by atoms with Gasteiger partial charge in [0.05, 0.1) is 5.56 Å². The van der Waals surface area contributed by atoms with Crippen LogP contribution in [-0.2, 0) is 0 Å². The Kier molecular flexibility index (Phi) is 3.51. The van der Waals surface area contributed by atoms with Crippen LogP contribution in [-0.4, -0.2) is 15.2 Å². The number of H-pyrrole nitrogens is 1. The van der Waals surface area contributed by atoms with Crippen LogP contribution in [0.2, 0.25) is 5.02 Å². The van der Waals surface area contributed by atoms with Crippen molar-refractivity contribution in [2.45, 2.75) is 38.0 Å². The van der Waals surface area contributed by atoms with Crippen LogP contribution in [0.4, 0.5) is 4.39 Å². The highest BCUT2D eigenvalue weighted by molar-refractivity contribution is 6.30. The van der Waals surface area contributed by atoms with E-state index in [4.69, 9.17) is 11.6 Å². The summed E-state index contributed by atoms with van der Waals surface area (Å²) in [5.74, 6) is 1.34. The minimum absolute atomic E-state index is 0.379. The molecule has 100 valence electrons. The van der Waals surface area contributed by atoms with Crippen molar-refractivity contribution in [3.05, 3.63) is 34.9 Å². The third-order valence-corrected chi connectivity index (χ3v) is 3.90. The second kappa shape index (κ2) is 5.29. The van der Waals surface area contributed by atoms with Gasteiger partial charge >= 0.3 is 0 Å². The number of rotatable bonds is 2. The lowest BCUT2D eigenvalue weighted by molar-refractivity contribution is 0.429. The third kappa shape index (κ3) is 2.63. The van der Waals surface area contributed by atoms with Gasteiger partial charge in [0, 0.05) is 10.9 Å². The van der Waals surface area contributed by atoms with Crippen LogP contribution < -0.4 is 0 Å². The molecular weight excluding hydrogens is 265 g/mol. The van der Waals surface area contributed by atoms with Crippen molar-refractivity contribution < 1.29 is 4.39 Å². The zero-order valence-electron chi connectivity index (χ0n) is 10.5. The number of halogens is 2. The summed E-state index contributed by atoms with van der Waals surface area (Å²) < 4.78 is 13.8. The first kappa shape index (κ1) is 12.6. The van der Waals surface area contributed by atoms with Gasteiger partial charge in [-0.15, -0.1) is 0 Å². The smallest absolute Gasteiger partial charge is 0.184 e. The molecule has 1 aromatic carbocycles. The minimum atomic E-state index is -0.387. The van der Waals surface area contributed by atoms with E-state index in [1.807, 2.05) is 0 Å². The van der Waals surface area contributed by atoms with Gasteiger partial charge in [-0.05, 0) is 31.0 Å². The zero-order valence-corrected chi connectivity index (χ0v) is 11.3. The van der Waals surface area contributed by atoms with Gasteiger partial charge in [0.2, 0.25) is 0 Å². The van der Waals surface area contributed by atoms with Crippen LogP contribution in [0.3, 0.4) is 0 Å². The van der Waals surface area contributed by atoms with Gasteiger partial charge in [0.15, 0.2) is 5.82 Å². The number of benzene rings is 1. The van der Waals surface area contributed by atoms with Gasteiger partial charge < -0.3 is 0 Å². The van der Waals surface area contributed by atoms with Crippen molar-refractivity contribution >= 4 is 11.6 Å². The van der Waals surface area contributed by atoms with E-state index >= 15 is 0 Å². The van der Waals surface area contributed by atoms with Crippen molar-refractivity contribution in [2.75, 3.05) is 0 Å². The summed E-state index contributed by atoms with van der Waals surface area (Å²) in [5, 5.41) is 7.47. The van der Waals surface area contributed by atoms with E-state index in [9.17, 15) is 4.39 Å². The molecule has 3 rings (SSSR count). The first-order valence-electron chi connectivity index (χ1n) is 6.62. The summed E-state index contributed by atoms with van der Waals surface area (Å²) in [4.78, 5) is 4.44. The number of aromatic nitrogens is 3. The second-order valence-electron chi connectivity index (χ2n) is 5.00. The molecule has 1 saturated carbocycles. The molecule has 3 nitrogen and oxygen atoms in total. The molecular formula is C14H15ClFN3. The largest absolute Gasteiger partial charge is 0.262 e. The number of nitrogens with one attached hydrogen (secondary N) is 1. The lowest BCUT2D eigenvalue weighted by Crippen LogP contribution is -2.06. The van der Waals surface area contributed by atoms with Crippen molar-refractivity contribution in [1.82, 2.24) is 15.2 Å². The lowest BCUT2D eigenvalue weighted by Gasteiger charge is -2.18. The Bertz CT molecular complexity index is 576. The van der Waals surface area contributed by atoms with Crippen molar-refractivity contribution in [3.8, 4) is 11.4 Å². The summed E-state index contributed by atoms with van der Waals surface area (Å²) in [6, 6.07) is 4.55. The van der Waals surface area contributed by atoms with Crippen LogP contribution >= 0.6 is 11.6 Å². The summed E-state index contributed by atoms with van der Waals surface area (Å²) in [7, 11) is 0. The van der Waals surface area contributed by atoms with Crippen molar-refractivity contribution in [1.29, 1.82) is 0 Å². The standard InChI is InChI=1S/C14H15ClFN3/c15-10-6-7-11(12(16)8-10)14-17-13(18-19-14)9-4-2-1-3-5-9/h6-9H,1-5H2,(H,17,18,19). The third-order valence-electron chi connectivity index (χ3n) is 3.67. The van der Waals surface area contributed by atoms with Gasteiger partial charge in [0.1, 0.15) is 11.6 Å². The Hall–Kier alpha value is -1.42. The van der Waals surface area contributed by atoms with E-state index in [-0.39, 0.29) is 5.82 Å². The molecule has 5 heteroatoms. The minimum Gasteiger partial charge on any atom is -0.262 e. The fourth-order valence-corrected chi connectivity index (χ4v) is 2.78. The molecule has 1 aromatic heterocycles. The number of aromatic amines is 1. The van der Waals surface area contributed by atoms with Crippen molar-refractivity contribution in [3.63, 3.8) is 0 Å². The van der Waals surface area contributed by atoms with Gasteiger partial charge in [-0.2, -0.15) is 5.10 Å². The van der Waals surface area contributed by atoms with Crippen molar-refractivity contribution in [2.24, 2.45) is 0 Å².